The lowest BCUT2D eigenvalue weighted by molar-refractivity contribution is -0.176. The molecule has 2 aliphatic heterocycles. The van der Waals surface area contributed by atoms with E-state index >= 15 is 4.39 Å². The van der Waals surface area contributed by atoms with E-state index in [9.17, 15) is 21.6 Å². The van der Waals surface area contributed by atoms with Gasteiger partial charge in [-0.3, -0.25) is 0 Å². The van der Waals surface area contributed by atoms with Crippen LogP contribution in [0.2, 0.25) is 0 Å². The molecule has 0 amide bonds. The molecular weight excluding hydrogens is 510 g/mol. The Hall–Kier alpha value is -2.99. The van der Waals surface area contributed by atoms with Crippen molar-refractivity contribution in [2.45, 2.75) is 55.7 Å². The Morgan fingerprint density at radius 2 is 1.59 bits per heavy atom. The van der Waals surface area contributed by atoms with Crippen LogP contribution in [0.4, 0.5) is 23.2 Å². The highest BCUT2D eigenvalue weighted by atomic mass is 32.2. The molecule has 7 nitrogen and oxygen atoms in total. The number of hydrogen-bond donors (Lipinski definition) is 0. The van der Waals surface area contributed by atoms with Crippen LogP contribution in [0.5, 0.6) is 0 Å². The number of anilines is 1. The van der Waals surface area contributed by atoms with Gasteiger partial charge in [0.15, 0.2) is 0 Å². The summed E-state index contributed by atoms with van der Waals surface area (Å²) in [6, 6.07) is 10.6. The van der Waals surface area contributed by atoms with Gasteiger partial charge in [-0.15, -0.1) is 10.2 Å². The molecule has 3 aromatic rings. The molecule has 198 valence electrons. The van der Waals surface area contributed by atoms with E-state index in [4.69, 9.17) is 0 Å². The Balaban J connectivity index is 1.36. The van der Waals surface area contributed by atoms with Gasteiger partial charge in [-0.1, -0.05) is 36.4 Å². The van der Waals surface area contributed by atoms with Crippen molar-refractivity contribution >= 4 is 15.7 Å². The highest BCUT2D eigenvalue weighted by Crippen LogP contribution is 2.43. The summed E-state index contributed by atoms with van der Waals surface area (Å²) in [5.41, 5.74) is 0.952. The Kier molecular flexibility index (Phi) is 6.97. The van der Waals surface area contributed by atoms with E-state index in [1.54, 1.807) is 49.1 Å². The summed E-state index contributed by atoms with van der Waals surface area (Å²) in [4.78, 5) is 2.01. The van der Waals surface area contributed by atoms with E-state index in [1.807, 2.05) is 9.47 Å². The third-order valence-corrected chi connectivity index (χ3v) is 9.60. The van der Waals surface area contributed by atoms with E-state index < -0.39 is 39.9 Å². The first kappa shape index (κ1) is 25.7. The SMILES string of the molecule is O=S1(=O)C(c2ccccc2)CCC(C(F)(F)F)N1Cc1ccc(N2CCC(n3cnnc3)CC2)cc1F. The molecule has 2 atom stereocenters. The number of aromatic nitrogens is 3. The number of hydrogen-bond acceptors (Lipinski definition) is 5. The Morgan fingerprint density at radius 3 is 2.22 bits per heavy atom. The molecule has 1 aromatic heterocycles. The lowest BCUT2D eigenvalue weighted by Gasteiger charge is -2.40. The van der Waals surface area contributed by atoms with Crippen LogP contribution in [0, 0.1) is 5.82 Å². The average molecular weight is 538 g/mol. The molecule has 0 bridgehead atoms. The van der Waals surface area contributed by atoms with Crippen LogP contribution >= 0.6 is 0 Å². The van der Waals surface area contributed by atoms with Gasteiger partial charge < -0.3 is 9.47 Å². The smallest absolute Gasteiger partial charge is 0.371 e. The van der Waals surface area contributed by atoms with Crippen LogP contribution in [0.25, 0.3) is 0 Å². The van der Waals surface area contributed by atoms with Crippen LogP contribution in [0.15, 0.2) is 61.2 Å². The standard InChI is InChI=1S/C25H27F4N5O2S/c26-22-14-21(32-12-10-20(11-13-32)33-16-30-31-17-33)7-6-19(22)15-34-24(25(27,28)29)9-8-23(37(34,35)36)18-4-2-1-3-5-18/h1-7,14,16-17,20,23-24H,8-13,15H2. The summed E-state index contributed by atoms with van der Waals surface area (Å²) in [6.07, 6.45) is -0.355. The molecule has 2 aromatic carbocycles. The third kappa shape index (κ3) is 5.22. The largest absolute Gasteiger partial charge is 0.405 e. The molecule has 2 unspecified atom stereocenters. The third-order valence-electron chi connectivity index (χ3n) is 7.34. The van der Waals surface area contributed by atoms with Gasteiger partial charge in [0, 0.05) is 36.9 Å². The molecule has 3 heterocycles. The Morgan fingerprint density at radius 1 is 0.919 bits per heavy atom. The number of benzene rings is 2. The van der Waals surface area contributed by atoms with Crippen molar-refractivity contribution in [1.29, 1.82) is 0 Å². The van der Waals surface area contributed by atoms with Gasteiger partial charge in [0.25, 0.3) is 0 Å². The maximum Gasteiger partial charge on any atom is 0.405 e. The second-order valence-corrected chi connectivity index (χ2v) is 11.6. The summed E-state index contributed by atoms with van der Waals surface area (Å²) < 4.78 is 86.1. The minimum atomic E-state index is -4.76. The minimum Gasteiger partial charge on any atom is -0.371 e. The maximum atomic E-state index is 15.2. The fraction of sp³-hybridized carbons (Fsp3) is 0.440. The van der Waals surface area contributed by atoms with Crippen molar-refractivity contribution in [2.75, 3.05) is 18.0 Å². The van der Waals surface area contributed by atoms with Crippen LogP contribution in [-0.4, -0.2) is 52.8 Å². The summed E-state index contributed by atoms with van der Waals surface area (Å²) in [6.45, 7) is 0.645. The van der Waals surface area contributed by atoms with Crippen LogP contribution in [0.3, 0.4) is 0 Å². The van der Waals surface area contributed by atoms with E-state index in [0.29, 0.717) is 28.6 Å². The normalized spacial score (nSPS) is 23.3. The fourth-order valence-corrected chi connectivity index (χ4v) is 7.49. The number of alkyl halides is 3. The number of halogens is 4. The molecule has 0 spiro atoms. The fourth-order valence-electron chi connectivity index (χ4n) is 5.32. The second-order valence-electron chi connectivity index (χ2n) is 9.53. The summed E-state index contributed by atoms with van der Waals surface area (Å²) >= 11 is 0. The predicted octanol–water partition coefficient (Wildman–Crippen LogP) is 4.86. The van der Waals surface area contributed by atoms with Gasteiger partial charge in [0.05, 0.1) is 0 Å². The summed E-state index contributed by atoms with van der Waals surface area (Å²) in [5.74, 6) is -0.726. The zero-order valence-corrected chi connectivity index (χ0v) is 20.7. The lowest BCUT2D eigenvalue weighted by atomic mass is 10.0. The van der Waals surface area contributed by atoms with Gasteiger partial charge in [-0.2, -0.15) is 17.5 Å². The molecule has 0 saturated carbocycles. The number of piperidine rings is 1. The molecule has 2 aliphatic rings. The van der Waals surface area contributed by atoms with E-state index in [0.717, 1.165) is 12.8 Å². The van der Waals surface area contributed by atoms with Crippen molar-refractivity contribution in [3.63, 3.8) is 0 Å². The number of rotatable bonds is 5. The van der Waals surface area contributed by atoms with Gasteiger partial charge in [-0.25, -0.2) is 12.8 Å². The molecule has 0 aliphatic carbocycles. The minimum absolute atomic E-state index is 0.0883. The number of nitrogens with zero attached hydrogens (tertiary/aromatic N) is 5. The molecule has 2 fully saturated rings. The first-order valence-corrected chi connectivity index (χ1v) is 13.6. The maximum absolute atomic E-state index is 15.2. The van der Waals surface area contributed by atoms with Crippen LogP contribution in [0.1, 0.15) is 48.1 Å². The first-order chi connectivity index (χ1) is 17.6. The molecule has 2 saturated heterocycles. The first-order valence-electron chi connectivity index (χ1n) is 12.1. The summed E-state index contributed by atoms with van der Waals surface area (Å²) in [7, 11) is -4.40. The highest BCUT2D eigenvalue weighted by Gasteiger charge is 2.53. The average Bonchev–Trinajstić information content (AvgIpc) is 3.41. The molecule has 12 heteroatoms. The summed E-state index contributed by atoms with van der Waals surface area (Å²) in [5, 5.41) is 6.55. The quantitative estimate of drug-likeness (QED) is 0.435. The molecule has 5 rings (SSSR count). The van der Waals surface area contributed by atoms with Crippen molar-refractivity contribution in [2.24, 2.45) is 0 Å². The van der Waals surface area contributed by atoms with Crippen molar-refractivity contribution < 1.29 is 26.0 Å². The number of sulfonamides is 1. The highest BCUT2D eigenvalue weighted by molar-refractivity contribution is 7.89. The topological polar surface area (TPSA) is 71.3 Å². The van der Waals surface area contributed by atoms with Crippen molar-refractivity contribution in [1.82, 2.24) is 19.1 Å². The Labute approximate surface area is 212 Å². The second kappa shape index (κ2) is 10.1. The van der Waals surface area contributed by atoms with Gasteiger partial charge in [0.1, 0.15) is 29.8 Å². The molecular formula is C25H27F4N5O2S. The van der Waals surface area contributed by atoms with Gasteiger partial charge >= 0.3 is 6.18 Å². The van der Waals surface area contributed by atoms with Crippen molar-refractivity contribution in [3.8, 4) is 0 Å². The van der Waals surface area contributed by atoms with Gasteiger partial charge in [0.2, 0.25) is 10.0 Å². The zero-order chi connectivity index (χ0) is 26.2. The molecule has 0 N–H and O–H groups in total. The molecule has 37 heavy (non-hydrogen) atoms. The van der Waals surface area contributed by atoms with Crippen molar-refractivity contribution in [3.05, 3.63) is 78.1 Å². The van der Waals surface area contributed by atoms with Crippen LogP contribution < -0.4 is 4.90 Å². The molecule has 0 radical (unpaired) electrons. The Bertz CT molecular complexity index is 1310. The van der Waals surface area contributed by atoms with E-state index in [-0.39, 0.29) is 24.4 Å². The predicted molar refractivity (Wildman–Crippen MR) is 130 cm³/mol. The zero-order valence-electron chi connectivity index (χ0n) is 19.9. The van der Waals surface area contributed by atoms with Crippen LogP contribution in [-0.2, 0) is 16.6 Å². The van der Waals surface area contributed by atoms with Gasteiger partial charge in [-0.05, 0) is 43.4 Å². The lowest BCUT2D eigenvalue weighted by Crippen LogP contribution is -2.52. The van der Waals surface area contributed by atoms with E-state index in [2.05, 4.69) is 10.2 Å². The monoisotopic (exact) mass is 537 g/mol. The van der Waals surface area contributed by atoms with E-state index in [1.165, 1.54) is 12.1 Å².